The van der Waals surface area contributed by atoms with E-state index >= 15 is 0 Å². The molecule has 0 radical (unpaired) electrons. The molecule has 1 unspecified atom stereocenters. The molecular weight excluding hydrogens is 343 g/mol. The molecule has 0 spiro atoms. The summed E-state index contributed by atoms with van der Waals surface area (Å²) in [5, 5.41) is 3.56. The summed E-state index contributed by atoms with van der Waals surface area (Å²) in [4.78, 5) is 2.50. The molecule has 1 atom stereocenters. The minimum absolute atomic E-state index is 0.242. The summed E-state index contributed by atoms with van der Waals surface area (Å²) in [5.41, 5.74) is 2.09. The van der Waals surface area contributed by atoms with E-state index in [1.807, 2.05) is 12.1 Å². The molecule has 4 nitrogen and oxygen atoms in total. The Balaban J connectivity index is 1.50. The van der Waals surface area contributed by atoms with E-state index in [2.05, 4.69) is 23.2 Å². The minimum Gasteiger partial charge on any atom is -0.493 e. The first-order valence-corrected chi connectivity index (χ1v) is 9.65. The fraction of sp³-hybridized carbons (Fsp3) is 0.455. The number of halogens is 1. The zero-order chi connectivity index (χ0) is 19.1. The second kappa shape index (κ2) is 9.72. The van der Waals surface area contributed by atoms with E-state index in [-0.39, 0.29) is 5.82 Å². The van der Waals surface area contributed by atoms with Gasteiger partial charge in [-0.3, -0.25) is 0 Å². The van der Waals surface area contributed by atoms with E-state index in [9.17, 15) is 4.39 Å². The number of rotatable bonds is 9. The van der Waals surface area contributed by atoms with Crippen molar-refractivity contribution in [2.45, 2.75) is 26.5 Å². The van der Waals surface area contributed by atoms with Crippen LogP contribution in [-0.2, 0) is 13.2 Å². The van der Waals surface area contributed by atoms with Crippen LogP contribution in [0.4, 0.5) is 4.39 Å². The van der Waals surface area contributed by atoms with Crippen molar-refractivity contribution in [3.05, 3.63) is 59.4 Å². The number of methoxy groups -OCH3 is 1. The smallest absolute Gasteiger partial charge is 0.161 e. The molecule has 0 saturated carbocycles. The molecule has 0 aliphatic carbocycles. The molecule has 0 amide bonds. The molecular formula is C22H29FN2O2. The average molecular weight is 372 g/mol. The van der Waals surface area contributed by atoms with Gasteiger partial charge in [-0.15, -0.1) is 0 Å². The zero-order valence-electron chi connectivity index (χ0n) is 16.2. The van der Waals surface area contributed by atoms with Crippen LogP contribution in [0.5, 0.6) is 11.5 Å². The van der Waals surface area contributed by atoms with Gasteiger partial charge in [-0.2, -0.15) is 0 Å². The summed E-state index contributed by atoms with van der Waals surface area (Å²) < 4.78 is 24.3. The summed E-state index contributed by atoms with van der Waals surface area (Å²) in [6, 6.07) is 12.3. The number of benzene rings is 2. The highest BCUT2D eigenvalue weighted by atomic mass is 19.1. The van der Waals surface area contributed by atoms with Crippen molar-refractivity contribution in [3.8, 4) is 11.5 Å². The van der Waals surface area contributed by atoms with Crippen LogP contribution in [0, 0.1) is 11.7 Å². The van der Waals surface area contributed by atoms with Gasteiger partial charge >= 0.3 is 0 Å². The van der Waals surface area contributed by atoms with Crippen molar-refractivity contribution < 1.29 is 13.9 Å². The fourth-order valence-corrected chi connectivity index (χ4v) is 3.47. The predicted octanol–water partition coefficient (Wildman–Crippen LogP) is 3.84. The van der Waals surface area contributed by atoms with Crippen molar-refractivity contribution in [2.24, 2.45) is 5.92 Å². The van der Waals surface area contributed by atoms with Crippen molar-refractivity contribution >= 4 is 0 Å². The quantitative estimate of drug-likeness (QED) is 0.725. The van der Waals surface area contributed by atoms with Crippen LogP contribution >= 0.6 is 0 Å². The highest BCUT2D eigenvalue weighted by Crippen LogP contribution is 2.29. The normalized spacial score (nSPS) is 17.2. The Kier molecular flexibility index (Phi) is 7.07. The van der Waals surface area contributed by atoms with Gasteiger partial charge in [0.05, 0.1) is 7.11 Å². The topological polar surface area (TPSA) is 33.7 Å². The number of nitrogens with zero attached hydrogens (tertiary/aromatic N) is 1. The van der Waals surface area contributed by atoms with E-state index in [1.54, 1.807) is 19.2 Å². The summed E-state index contributed by atoms with van der Waals surface area (Å²) >= 11 is 0. The Morgan fingerprint density at radius 1 is 1.11 bits per heavy atom. The van der Waals surface area contributed by atoms with Gasteiger partial charge < -0.3 is 19.7 Å². The lowest BCUT2D eigenvalue weighted by Crippen LogP contribution is -2.26. The SMILES string of the molecule is CCN1CCC(CNCc2ccc(OCc3ccc(F)cc3)c(OC)c2)C1. The third-order valence-corrected chi connectivity index (χ3v) is 5.11. The van der Waals surface area contributed by atoms with Crippen LogP contribution in [0.2, 0.25) is 0 Å². The number of hydrogen-bond donors (Lipinski definition) is 1. The van der Waals surface area contributed by atoms with Gasteiger partial charge in [-0.05, 0) is 67.4 Å². The molecule has 2 aromatic carbocycles. The van der Waals surface area contributed by atoms with E-state index in [1.165, 1.54) is 37.2 Å². The van der Waals surface area contributed by atoms with Crippen LogP contribution in [0.15, 0.2) is 42.5 Å². The average Bonchev–Trinajstić information content (AvgIpc) is 3.16. The number of nitrogens with one attached hydrogen (secondary N) is 1. The summed E-state index contributed by atoms with van der Waals surface area (Å²) in [5.74, 6) is 1.91. The molecule has 1 aliphatic heterocycles. The van der Waals surface area contributed by atoms with Crippen molar-refractivity contribution in [1.29, 1.82) is 0 Å². The number of hydrogen-bond acceptors (Lipinski definition) is 4. The molecule has 3 rings (SSSR count). The van der Waals surface area contributed by atoms with Crippen molar-refractivity contribution in [1.82, 2.24) is 10.2 Å². The van der Waals surface area contributed by atoms with Crippen LogP contribution in [0.25, 0.3) is 0 Å². The fourth-order valence-electron chi connectivity index (χ4n) is 3.47. The van der Waals surface area contributed by atoms with Gasteiger partial charge in [0.2, 0.25) is 0 Å². The second-order valence-corrected chi connectivity index (χ2v) is 7.08. The van der Waals surface area contributed by atoms with E-state index in [0.717, 1.165) is 36.9 Å². The van der Waals surface area contributed by atoms with Crippen LogP contribution in [0.1, 0.15) is 24.5 Å². The molecule has 1 heterocycles. The largest absolute Gasteiger partial charge is 0.493 e. The number of likely N-dealkylation sites (tertiary alicyclic amines) is 1. The Hall–Kier alpha value is -2.11. The van der Waals surface area contributed by atoms with Gasteiger partial charge in [-0.25, -0.2) is 4.39 Å². The van der Waals surface area contributed by atoms with Crippen LogP contribution in [-0.4, -0.2) is 38.2 Å². The predicted molar refractivity (Wildman–Crippen MR) is 106 cm³/mol. The number of ether oxygens (including phenoxy) is 2. The highest BCUT2D eigenvalue weighted by Gasteiger charge is 2.20. The van der Waals surface area contributed by atoms with E-state index < -0.39 is 0 Å². The van der Waals surface area contributed by atoms with Crippen LogP contribution < -0.4 is 14.8 Å². The molecule has 2 aromatic rings. The Morgan fingerprint density at radius 3 is 2.59 bits per heavy atom. The lowest BCUT2D eigenvalue weighted by molar-refractivity contribution is 0.284. The maximum Gasteiger partial charge on any atom is 0.161 e. The molecule has 5 heteroatoms. The van der Waals surface area contributed by atoms with Gasteiger partial charge in [0, 0.05) is 13.1 Å². The zero-order valence-corrected chi connectivity index (χ0v) is 16.2. The lowest BCUT2D eigenvalue weighted by atomic mass is 10.1. The van der Waals surface area contributed by atoms with Gasteiger partial charge in [0.1, 0.15) is 12.4 Å². The molecule has 1 aliphatic rings. The summed E-state index contributed by atoms with van der Waals surface area (Å²) in [6.45, 7) is 8.03. The first kappa shape index (κ1) is 19.6. The molecule has 1 fully saturated rings. The monoisotopic (exact) mass is 372 g/mol. The van der Waals surface area contributed by atoms with Crippen molar-refractivity contribution in [2.75, 3.05) is 33.3 Å². The molecule has 1 N–H and O–H groups in total. The second-order valence-electron chi connectivity index (χ2n) is 7.08. The minimum atomic E-state index is -0.242. The lowest BCUT2D eigenvalue weighted by Gasteiger charge is -2.15. The first-order valence-electron chi connectivity index (χ1n) is 9.65. The Labute approximate surface area is 161 Å². The van der Waals surface area contributed by atoms with Crippen LogP contribution in [0.3, 0.4) is 0 Å². The molecule has 146 valence electrons. The molecule has 0 aromatic heterocycles. The Morgan fingerprint density at radius 2 is 1.89 bits per heavy atom. The first-order chi connectivity index (χ1) is 13.2. The van der Waals surface area contributed by atoms with Crippen molar-refractivity contribution in [3.63, 3.8) is 0 Å². The van der Waals surface area contributed by atoms with E-state index in [4.69, 9.17) is 9.47 Å². The molecule has 1 saturated heterocycles. The maximum absolute atomic E-state index is 13.0. The maximum atomic E-state index is 13.0. The highest BCUT2D eigenvalue weighted by molar-refractivity contribution is 5.43. The Bertz CT molecular complexity index is 721. The summed E-state index contributed by atoms with van der Waals surface area (Å²) in [6.07, 6.45) is 1.28. The molecule has 27 heavy (non-hydrogen) atoms. The van der Waals surface area contributed by atoms with E-state index in [0.29, 0.717) is 12.4 Å². The third-order valence-electron chi connectivity index (χ3n) is 5.11. The summed E-state index contributed by atoms with van der Waals surface area (Å²) in [7, 11) is 1.65. The van der Waals surface area contributed by atoms with Gasteiger partial charge in [0.15, 0.2) is 11.5 Å². The van der Waals surface area contributed by atoms with Gasteiger partial charge in [-0.1, -0.05) is 25.1 Å². The standard InChI is InChI=1S/C22H29FN2O2/c1-3-25-11-10-19(15-25)14-24-13-18-6-9-21(22(12-18)26-2)27-16-17-4-7-20(23)8-5-17/h4-9,12,19,24H,3,10-11,13-16H2,1-2H3. The third kappa shape index (κ3) is 5.68. The van der Waals surface area contributed by atoms with Gasteiger partial charge in [0.25, 0.3) is 0 Å². The molecule has 0 bridgehead atoms.